The molecule has 0 unspecified atom stereocenters. The maximum absolute atomic E-state index is 9.42. The van der Waals surface area contributed by atoms with Crippen LogP contribution in [-0.2, 0) is 13.0 Å². The largest absolute Gasteiger partial charge is 0.383 e. The number of aromatic nitrogens is 5. The number of nitrogens with zero attached hydrogens (tertiary/aromatic N) is 7. The van der Waals surface area contributed by atoms with Gasteiger partial charge in [-0.1, -0.05) is 42.5 Å². The van der Waals surface area contributed by atoms with Gasteiger partial charge in [0.25, 0.3) is 0 Å². The van der Waals surface area contributed by atoms with Crippen molar-refractivity contribution < 1.29 is 0 Å². The van der Waals surface area contributed by atoms with Gasteiger partial charge in [-0.25, -0.2) is 15.0 Å². The van der Waals surface area contributed by atoms with Crippen molar-refractivity contribution in [3.63, 3.8) is 0 Å². The zero-order chi connectivity index (χ0) is 29.9. The monoisotopic (exact) mass is 576 g/mol. The molecule has 0 saturated carbocycles. The second kappa shape index (κ2) is 12.1. The Hall–Kier alpha value is -5.39. The van der Waals surface area contributed by atoms with Gasteiger partial charge < -0.3 is 5.73 Å². The van der Waals surface area contributed by atoms with Crippen LogP contribution < -0.4 is 5.73 Å². The van der Waals surface area contributed by atoms with E-state index < -0.39 is 0 Å². The van der Waals surface area contributed by atoms with E-state index in [1.165, 1.54) is 5.56 Å². The molecule has 8 heteroatoms. The van der Waals surface area contributed by atoms with E-state index >= 15 is 0 Å². The lowest BCUT2D eigenvalue weighted by atomic mass is 9.90. The van der Waals surface area contributed by atoms with Crippen LogP contribution in [0, 0.1) is 17.2 Å². The normalized spacial score (nSPS) is 14.1. The van der Waals surface area contributed by atoms with Gasteiger partial charge in [0.15, 0.2) is 11.5 Å². The van der Waals surface area contributed by atoms with Crippen molar-refractivity contribution in [2.45, 2.75) is 25.8 Å². The zero-order valence-corrected chi connectivity index (χ0v) is 24.3. The molecule has 0 bridgehead atoms. The van der Waals surface area contributed by atoms with Crippen LogP contribution in [0.3, 0.4) is 0 Å². The summed E-state index contributed by atoms with van der Waals surface area (Å²) < 4.78 is 2.08. The minimum absolute atomic E-state index is 0.430. The van der Waals surface area contributed by atoms with Crippen LogP contribution in [-0.4, -0.2) is 42.5 Å². The summed E-state index contributed by atoms with van der Waals surface area (Å²) in [5, 5.41) is 9.42. The summed E-state index contributed by atoms with van der Waals surface area (Å²) in [5.41, 5.74) is 14.4. The summed E-state index contributed by atoms with van der Waals surface area (Å²) in [7, 11) is 0. The maximum atomic E-state index is 9.42. The number of piperidine rings is 1. The number of imidazole rings is 1. The number of anilines is 1. The number of nitrogens with two attached hydrogens (primary N) is 1. The third-order valence-electron chi connectivity index (χ3n) is 8.45. The molecule has 5 heterocycles. The Morgan fingerprint density at radius 2 is 1.59 bits per heavy atom. The molecule has 7 rings (SSSR count). The van der Waals surface area contributed by atoms with Crippen molar-refractivity contribution in [1.29, 1.82) is 5.26 Å². The van der Waals surface area contributed by atoms with Crippen LogP contribution in [0.4, 0.5) is 5.82 Å². The van der Waals surface area contributed by atoms with Gasteiger partial charge in [-0.05, 0) is 92.4 Å². The summed E-state index contributed by atoms with van der Waals surface area (Å²) in [6, 6.07) is 32.7. The first-order valence-corrected chi connectivity index (χ1v) is 15.0. The molecular weight excluding hydrogens is 544 g/mol. The fourth-order valence-corrected chi connectivity index (χ4v) is 6.09. The van der Waals surface area contributed by atoms with E-state index in [2.05, 4.69) is 61.9 Å². The number of benzene rings is 2. The number of hydrogen-bond acceptors (Lipinski definition) is 7. The van der Waals surface area contributed by atoms with Crippen LogP contribution in [0.15, 0.2) is 103 Å². The van der Waals surface area contributed by atoms with Crippen molar-refractivity contribution in [2.24, 2.45) is 5.92 Å². The van der Waals surface area contributed by atoms with Gasteiger partial charge in [0.05, 0.1) is 22.5 Å². The molecular formula is C36H32N8. The average molecular weight is 577 g/mol. The van der Waals surface area contributed by atoms with E-state index in [1.807, 2.05) is 54.6 Å². The molecule has 1 saturated heterocycles. The third kappa shape index (κ3) is 5.53. The summed E-state index contributed by atoms with van der Waals surface area (Å²) in [6.07, 6.45) is 6.55. The molecule has 0 atom stereocenters. The Labute approximate surface area is 256 Å². The standard InChI is InChI=1S/C36H32N8/c37-23-28-8-4-18-39-33(28)22-25-16-20-43(21-17-25)24-26-10-12-29(13-11-26)44-35(30-9-5-19-40-34(30)38)42-32-15-14-31(41-36(32)44)27-6-2-1-3-7-27/h1-15,18-19,25H,16-17,20-22,24H2,(H2,38,40). The van der Waals surface area contributed by atoms with Gasteiger partial charge in [0.1, 0.15) is 17.4 Å². The lowest BCUT2D eigenvalue weighted by Crippen LogP contribution is -2.34. The van der Waals surface area contributed by atoms with Crippen LogP contribution >= 0.6 is 0 Å². The molecule has 6 aromatic rings. The smallest absolute Gasteiger partial charge is 0.165 e. The van der Waals surface area contributed by atoms with Gasteiger partial charge in [0.2, 0.25) is 0 Å². The topological polar surface area (TPSA) is 110 Å². The molecule has 1 fully saturated rings. The minimum atomic E-state index is 0.430. The first-order valence-electron chi connectivity index (χ1n) is 15.0. The van der Waals surface area contributed by atoms with Crippen molar-refractivity contribution in [3.05, 3.63) is 120 Å². The van der Waals surface area contributed by atoms with Gasteiger partial charge in [-0.3, -0.25) is 14.5 Å². The molecule has 44 heavy (non-hydrogen) atoms. The first kappa shape index (κ1) is 27.4. The second-order valence-corrected chi connectivity index (χ2v) is 11.3. The lowest BCUT2D eigenvalue weighted by molar-refractivity contribution is 0.176. The van der Waals surface area contributed by atoms with Crippen LogP contribution in [0.1, 0.15) is 29.7 Å². The maximum Gasteiger partial charge on any atom is 0.165 e. The van der Waals surface area contributed by atoms with Gasteiger partial charge >= 0.3 is 0 Å². The van der Waals surface area contributed by atoms with E-state index in [1.54, 1.807) is 12.4 Å². The Balaban J connectivity index is 1.13. The quantitative estimate of drug-likeness (QED) is 0.232. The number of fused-ring (bicyclic) bond motifs is 1. The predicted octanol–water partition coefficient (Wildman–Crippen LogP) is 6.45. The summed E-state index contributed by atoms with van der Waals surface area (Å²) in [5.74, 6) is 1.70. The van der Waals surface area contributed by atoms with E-state index in [0.29, 0.717) is 23.1 Å². The number of nitrogen functional groups attached to an aromatic ring is 1. The van der Waals surface area contributed by atoms with Crippen molar-refractivity contribution >= 4 is 17.0 Å². The van der Waals surface area contributed by atoms with Crippen LogP contribution in [0.5, 0.6) is 0 Å². The van der Waals surface area contributed by atoms with Crippen LogP contribution in [0.2, 0.25) is 0 Å². The molecule has 0 amide bonds. The number of nitriles is 1. The summed E-state index contributed by atoms with van der Waals surface area (Å²) >= 11 is 0. The fraction of sp³-hybridized carbons (Fsp3) is 0.194. The van der Waals surface area contributed by atoms with Crippen molar-refractivity contribution in [1.82, 2.24) is 29.4 Å². The van der Waals surface area contributed by atoms with E-state index in [4.69, 9.17) is 15.7 Å². The van der Waals surface area contributed by atoms with Gasteiger partial charge in [-0.15, -0.1) is 0 Å². The van der Waals surface area contributed by atoms with Crippen molar-refractivity contribution in [2.75, 3.05) is 18.8 Å². The minimum Gasteiger partial charge on any atom is -0.383 e. The first-order chi connectivity index (χ1) is 21.7. The molecule has 2 aromatic carbocycles. The number of rotatable bonds is 7. The highest BCUT2D eigenvalue weighted by Gasteiger charge is 2.22. The molecule has 0 spiro atoms. The van der Waals surface area contributed by atoms with Crippen molar-refractivity contribution in [3.8, 4) is 34.4 Å². The summed E-state index contributed by atoms with van der Waals surface area (Å²) in [6.45, 7) is 2.96. The highest BCUT2D eigenvalue weighted by molar-refractivity contribution is 5.84. The highest BCUT2D eigenvalue weighted by Crippen LogP contribution is 2.32. The Kier molecular flexibility index (Phi) is 7.53. The van der Waals surface area contributed by atoms with Crippen LogP contribution in [0.25, 0.3) is 39.5 Å². The molecule has 8 nitrogen and oxygen atoms in total. The molecule has 4 aromatic heterocycles. The van der Waals surface area contributed by atoms with E-state index in [9.17, 15) is 5.26 Å². The van der Waals surface area contributed by atoms with Gasteiger partial charge in [-0.2, -0.15) is 5.26 Å². The Morgan fingerprint density at radius 1 is 0.818 bits per heavy atom. The third-order valence-corrected chi connectivity index (χ3v) is 8.45. The SMILES string of the molecule is N#Cc1cccnc1CC1CCN(Cc2ccc(-n3c(-c4cccnc4N)nc4ccc(-c5ccccc5)nc43)cc2)CC1. The zero-order valence-electron chi connectivity index (χ0n) is 24.3. The second-order valence-electron chi connectivity index (χ2n) is 11.3. The lowest BCUT2D eigenvalue weighted by Gasteiger charge is -2.32. The van der Waals surface area contributed by atoms with Gasteiger partial charge in [0, 0.05) is 30.2 Å². The fourth-order valence-electron chi connectivity index (χ4n) is 6.09. The van der Waals surface area contributed by atoms with E-state index in [-0.39, 0.29) is 0 Å². The highest BCUT2D eigenvalue weighted by atomic mass is 15.1. The molecule has 216 valence electrons. The average Bonchev–Trinajstić information content (AvgIpc) is 3.45. The molecule has 0 radical (unpaired) electrons. The number of likely N-dealkylation sites (tertiary alicyclic amines) is 1. The van der Waals surface area contributed by atoms with E-state index in [0.717, 1.165) is 78.3 Å². The predicted molar refractivity (Wildman–Crippen MR) is 173 cm³/mol. The molecule has 1 aliphatic heterocycles. The summed E-state index contributed by atoms with van der Waals surface area (Å²) in [4.78, 5) is 21.3. The number of hydrogen-bond donors (Lipinski definition) is 1. The Bertz CT molecular complexity index is 1950. The number of pyridine rings is 3. The molecule has 2 N–H and O–H groups in total. The molecule has 1 aliphatic rings. The molecule has 0 aliphatic carbocycles. The Morgan fingerprint density at radius 3 is 2.36 bits per heavy atom.